The molecule has 0 saturated carbocycles. The Morgan fingerprint density at radius 3 is 2.55 bits per heavy atom. The first kappa shape index (κ1) is 22.1. The Kier molecular flexibility index (Phi) is 6.69. The van der Waals surface area contributed by atoms with Crippen molar-refractivity contribution in [1.29, 1.82) is 5.26 Å². The fourth-order valence-corrected chi connectivity index (χ4v) is 3.23. The largest absolute Gasteiger partial charge is 0.457 e. The molecule has 4 aromatic rings. The van der Waals surface area contributed by atoms with Gasteiger partial charge in [0, 0.05) is 11.6 Å². The molecule has 0 aliphatic rings. The number of nitriles is 1. The molecule has 0 atom stereocenters. The van der Waals surface area contributed by atoms with Gasteiger partial charge in [0.1, 0.15) is 23.1 Å². The quantitative estimate of drug-likeness (QED) is 0.268. The lowest BCUT2D eigenvalue weighted by atomic mass is 10.1. The topological polar surface area (TPSA) is 103 Å². The molecule has 0 amide bonds. The lowest BCUT2D eigenvalue weighted by Crippen LogP contribution is -2.16. The van der Waals surface area contributed by atoms with Crippen LogP contribution in [0.4, 0.5) is 5.95 Å². The van der Waals surface area contributed by atoms with Crippen LogP contribution in [0.5, 0.6) is 11.5 Å². The number of nitrogens with one attached hydrogen (secondary N) is 2. The molecule has 0 aliphatic heterocycles. The van der Waals surface area contributed by atoms with Gasteiger partial charge in [-0.05, 0) is 29.8 Å². The summed E-state index contributed by atoms with van der Waals surface area (Å²) in [5, 5.41) is 14.3. The molecule has 3 aromatic carbocycles. The maximum absolute atomic E-state index is 12.3. The molecule has 0 aliphatic carbocycles. The average Bonchev–Trinajstić information content (AvgIpc) is 2.82. The van der Waals surface area contributed by atoms with Gasteiger partial charge in [-0.3, -0.25) is 9.78 Å². The van der Waals surface area contributed by atoms with Crippen LogP contribution in [0.15, 0.2) is 82.7 Å². The fourth-order valence-electron chi connectivity index (χ4n) is 2.94. The van der Waals surface area contributed by atoms with E-state index >= 15 is 0 Å². The van der Waals surface area contributed by atoms with Gasteiger partial charge >= 0.3 is 0 Å². The Labute approximate surface area is 198 Å². The molecule has 33 heavy (non-hydrogen) atoms. The number of halogens is 2. The van der Waals surface area contributed by atoms with Crippen LogP contribution in [0.3, 0.4) is 0 Å². The van der Waals surface area contributed by atoms with Crippen LogP contribution in [-0.4, -0.2) is 16.2 Å². The van der Waals surface area contributed by atoms with Crippen LogP contribution in [0.1, 0.15) is 11.1 Å². The Hall–Kier alpha value is -4.12. The second-order valence-electron chi connectivity index (χ2n) is 6.74. The number of hydrazone groups is 1. The molecule has 1 aromatic heterocycles. The summed E-state index contributed by atoms with van der Waals surface area (Å²) in [6.45, 7) is 0. The van der Waals surface area contributed by atoms with Crippen molar-refractivity contribution in [2.75, 3.05) is 5.43 Å². The van der Waals surface area contributed by atoms with Gasteiger partial charge in [-0.15, -0.1) is 0 Å². The fraction of sp³-hybridized carbons (Fsp3) is 0. The van der Waals surface area contributed by atoms with Gasteiger partial charge in [-0.25, -0.2) is 10.4 Å². The van der Waals surface area contributed by atoms with Crippen molar-refractivity contribution in [3.63, 3.8) is 0 Å². The van der Waals surface area contributed by atoms with Crippen LogP contribution >= 0.6 is 23.2 Å². The molecule has 162 valence electrons. The van der Waals surface area contributed by atoms with Crippen LogP contribution in [0.25, 0.3) is 11.3 Å². The third kappa shape index (κ3) is 5.39. The minimum Gasteiger partial charge on any atom is -0.457 e. The smallest absolute Gasteiger partial charge is 0.270 e. The summed E-state index contributed by atoms with van der Waals surface area (Å²) in [5.41, 5.74) is 3.74. The number of benzene rings is 3. The molecule has 0 fully saturated rings. The maximum atomic E-state index is 12.3. The molecule has 0 bridgehead atoms. The van der Waals surface area contributed by atoms with Crippen molar-refractivity contribution in [3.8, 4) is 28.8 Å². The molecule has 2 N–H and O–H groups in total. The molecule has 4 rings (SSSR count). The van der Waals surface area contributed by atoms with Gasteiger partial charge in [0.15, 0.2) is 0 Å². The van der Waals surface area contributed by atoms with E-state index in [0.29, 0.717) is 27.1 Å². The highest BCUT2D eigenvalue weighted by atomic mass is 35.5. The zero-order chi connectivity index (χ0) is 23.2. The zero-order valence-electron chi connectivity index (χ0n) is 16.9. The van der Waals surface area contributed by atoms with Crippen LogP contribution in [0.2, 0.25) is 10.0 Å². The van der Waals surface area contributed by atoms with Crippen molar-refractivity contribution < 1.29 is 4.74 Å². The molecular weight excluding hydrogens is 461 g/mol. The molecule has 0 radical (unpaired) electrons. The molecule has 0 spiro atoms. The Morgan fingerprint density at radius 2 is 1.79 bits per heavy atom. The van der Waals surface area contributed by atoms with Crippen LogP contribution < -0.4 is 15.7 Å². The summed E-state index contributed by atoms with van der Waals surface area (Å²) in [6.07, 6.45) is 1.54. The minimum atomic E-state index is -0.555. The number of H-pyrrole nitrogens is 1. The number of aromatic amines is 1. The number of aromatic nitrogens is 2. The molecule has 9 heteroatoms. The second kappa shape index (κ2) is 10.0. The van der Waals surface area contributed by atoms with Crippen molar-refractivity contribution in [2.45, 2.75) is 0 Å². The molecular formula is C24H15Cl2N5O2. The summed E-state index contributed by atoms with van der Waals surface area (Å²) >= 11 is 12.0. The molecule has 1 heterocycles. The van der Waals surface area contributed by atoms with E-state index in [-0.39, 0.29) is 17.2 Å². The summed E-state index contributed by atoms with van der Waals surface area (Å²) in [6, 6.07) is 23.1. The lowest BCUT2D eigenvalue weighted by molar-refractivity contribution is 0.482. The number of rotatable bonds is 6. The molecule has 0 saturated heterocycles. The molecule has 0 unspecified atom stereocenters. The van der Waals surface area contributed by atoms with Crippen molar-refractivity contribution in [2.24, 2.45) is 5.10 Å². The standard InChI is InChI=1S/C24H15Cl2N5O2/c25-20-10-9-18(12-21(20)26)33-17-8-4-5-15(11-17)14-28-31-24-29-22(16-6-2-1-3-7-16)19(13-27)23(32)30-24/h1-12,14H,(H2,29,30,31,32). The number of hydrogen-bond donors (Lipinski definition) is 2. The number of nitrogens with zero attached hydrogens (tertiary/aromatic N) is 3. The third-order valence-electron chi connectivity index (χ3n) is 4.45. The monoisotopic (exact) mass is 475 g/mol. The Bertz CT molecular complexity index is 1430. The maximum Gasteiger partial charge on any atom is 0.270 e. The summed E-state index contributed by atoms with van der Waals surface area (Å²) in [5.74, 6) is 1.23. The van der Waals surface area contributed by atoms with E-state index in [0.717, 1.165) is 5.56 Å². The van der Waals surface area contributed by atoms with E-state index in [4.69, 9.17) is 27.9 Å². The first-order chi connectivity index (χ1) is 16.0. The lowest BCUT2D eigenvalue weighted by Gasteiger charge is -2.07. The third-order valence-corrected chi connectivity index (χ3v) is 5.19. The SMILES string of the molecule is N#Cc1c(-c2ccccc2)nc(NN=Cc2cccc(Oc3ccc(Cl)c(Cl)c3)c2)[nH]c1=O. The predicted molar refractivity (Wildman–Crippen MR) is 129 cm³/mol. The molecule has 7 nitrogen and oxygen atoms in total. The number of hydrogen-bond acceptors (Lipinski definition) is 6. The number of anilines is 1. The average molecular weight is 476 g/mol. The summed E-state index contributed by atoms with van der Waals surface area (Å²) in [7, 11) is 0. The summed E-state index contributed by atoms with van der Waals surface area (Å²) < 4.78 is 5.81. The van der Waals surface area contributed by atoms with E-state index < -0.39 is 5.56 Å². The predicted octanol–water partition coefficient (Wildman–Crippen LogP) is 5.85. The minimum absolute atomic E-state index is 0.0668. The summed E-state index contributed by atoms with van der Waals surface area (Å²) in [4.78, 5) is 19.2. The Morgan fingerprint density at radius 1 is 1.00 bits per heavy atom. The van der Waals surface area contributed by atoms with Gasteiger partial charge in [0.2, 0.25) is 5.95 Å². The first-order valence-corrected chi connectivity index (χ1v) is 10.4. The van der Waals surface area contributed by atoms with Gasteiger partial charge < -0.3 is 4.74 Å². The van der Waals surface area contributed by atoms with Gasteiger partial charge in [-0.1, -0.05) is 65.7 Å². The van der Waals surface area contributed by atoms with Crippen LogP contribution in [-0.2, 0) is 0 Å². The first-order valence-electron chi connectivity index (χ1n) is 9.65. The van der Waals surface area contributed by atoms with Crippen LogP contribution in [0, 0.1) is 11.3 Å². The number of ether oxygens (including phenoxy) is 1. The van der Waals surface area contributed by atoms with Crippen molar-refractivity contribution in [1.82, 2.24) is 9.97 Å². The van der Waals surface area contributed by atoms with E-state index in [1.807, 2.05) is 24.3 Å². The van der Waals surface area contributed by atoms with Crippen molar-refractivity contribution in [3.05, 3.63) is 104 Å². The van der Waals surface area contributed by atoms with E-state index in [1.54, 1.807) is 60.8 Å². The highest BCUT2D eigenvalue weighted by Crippen LogP contribution is 2.29. The van der Waals surface area contributed by atoms with Gasteiger partial charge in [-0.2, -0.15) is 10.4 Å². The van der Waals surface area contributed by atoms with Gasteiger partial charge in [0.05, 0.1) is 22.0 Å². The second-order valence-corrected chi connectivity index (χ2v) is 7.55. The van der Waals surface area contributed by atoms with E-state index in [9.17, 15) is 10.1 Å². The van der Waals surface area contributed by atoms with Crippen molar-refractivity contribution >= 4 is 35.4 Å². The van der Waals surface area contributed by atoms with Gasteiger partial charge in [0.25, 0.3) is 5.56 Å². The highest BCUT2D eigenvalue weighted by Gasteiger charge is 2.12. The highest BCUT2D eigenvalue weighted by molar-refractivity contribution is 6.42. The van der Waals surface area contributed by atoms with E-state index in [1.165, 1.54) is 0 Å². The Balaban J connectivity index is 1.52. The normalized spacial score (nSPS) is 10.7. The zero-order valence-corrected chi connectivity index (χ0v) is 18.4. The van der Waals surface area contributed by atoms with E-state index in [2.05, 4.69) is 20.5 Å².